The molecule has 0 atom stereocenters. The van der Waals surface area contributed by atoms with Gasteiger partial charge in [0.05, 0.1) is 6.61 Å². The number of para-hydroxylation sites is 1. The highest BCUT2D eigenvalue weighted by Crippen LogP contribution is 2.21. The number of carbonyl (C=O) groups excluding carboxylic acids is 1. The zero-order valence-electron chi connectivity index (χ0n) is 13.3. The van der Waals surface area contributed by atoms with Gasteiger partial charge in [-0.2, -0.15) is 10.2 Å². The Kier molecular flexibility index (Phi) is 5.86. The summed E-state index contributed by atoms with van der Waals surface area (Å²) >= 11 is 0. The van der Waals surface area contributed by atoms with Gasteiger partial charge in [0.25, 0.3) is 0 Å². The minimum Gasteiger partial charge on any atom is -0.462 e. The van der Waals surface area contributed by atoms with E-state index < -0.39 is 5.97 Å². The van der Waals surface area contributed by atoms with Crippen molar-refractivity contribution >= 4 is 11.8 Å². The Labute approximate surface area is 139 Å². The van der Waals surface area contributed by atoms with Crippen molar-refractivity contribution in [2.24, 2.45) is 0 Å². The third-order valence-electron chi connectivity index (χ3n) is 2.76. The molecule has 0 saturated carbocycles. The van der Waals surface area contributed by atoms with Crippen molar-refractivity contribution in [2.45, 2.75) is 13.8 Å². The average Bonchev–Trinajstić information content (AvgIpc) is 2.56. The molecule has 0 spiro atoms. The van der Waals surface area contributed by atoms with Gasteiger partial charge in [-0.3, -0.25) is 0 Å². The molecule has 0 fully saturated rings. The maximum absolute atomic E-state index is 11.6. The van der Waals surface area contributed by atoms with Crippen molar-refractivity contribution in [1.82, 2.24) is 9.97 Å². The number of ether oxygens (including phenoxy) is 2. The summed E-state index contributed by atoms with van der Waals surface area (Å²) in [5.74, 6) is 1.17. The summed E-state index contributed by atoms with van der Waals surface area (Å²) in [4.78, 5) is 19.9. The predicted molar refractivity (Wildman–Crippen MR) is 87.2 cm³/mol. The number of aryl methyl sites for hydroxylation is 1. The molecule has 0 aliphatic rings. The molecular weight excluding hydrogens is 308 g/mol. The summed E-state index contributed by atoms with van der Waals surface area (Å²) < 4.78 is 10.4. The molecular formula is C17H16N4O3. The topological polar surface area (TPSA) is 97.1 Å². The van der Waals surface area contributed by atoms with Crippen molar-refractivity contribution in [3.63, 3.8) is 0 Å². The molecule has 0 aliphatic carbocycles. The van der Waals surface area contributed by atoms with Crippen LogP contribution in [0.15, 0.2) is 48.2 Å². The number of aromatic nitrogens is 2. The molecule has 1 heterocycles. The van der Waals surface area contributed by atoms with Crippen LogP contribution in [0.5, 0.6) is 11.6 Å². The van der Waals surface area contributed by atoms with Gasteiger partial charge in [0, 0.05) is 12.3 Å². The van der Waals surface area contributed by atoms with E-state index in [0.717, 1.165) is 0 Å². The van der Waals surface area contributed by atoms with E-state index in [0.29, 0.717) is 23.3 Å². The van der Waals surface area contributed by atoms with E-state index in [1.807, 2.05) is 18.2 Å². The van der Waals surface area contributed by atoms with Gasteiger partial charge in [-0.15, -0.1) is 0 Å². The van der Waals surface area contributed by atoms with Crippen LogP contribution in [-0.4, -0.2) is 22.5 Å². The lowest BCUT2D eigenvalue weighted by molar-refractivity contribution is -0.138. The Morgan fingerprint density at radius 2 is 2.08 bits per heavy atom. The second kappa shape index (κ2) is 8.29. The van der Waals surface area contributed by atoms with Gasteiger partial charge in [-0.05, 0) is 26.0 Å². The molecule has 24 heavy (non-hydrogen) atoms. The Bertz CT molecular complexity index is 782. The second-order valence-corrected chi connectivity index (χ2v) is 4.59. The van der Waals surface area contributed by atoms with E-state index in [1.54, 1.807) is 38.1 Å². The summed E-state index contributed by atoms with van der Waals surface area (Å²) in [6, 6.07) is 12.5. The smallest absolute Gasteiger partial charge is 0.350 e. The number of hydrogen-bond acceptors (Lipinski definition) is 7. The van der Waals surface area contributed by atoms with Crippen LogP contribution in [0.2, 0.25) is 0 Å². The van der Waals surface area contributed by atoms with E-state index in [9.17, 15) is 4.79 Å². The summed E-state index contributed by atoms with van der Waals surface area (Å²) in [6.07, 6.45) is 1.24. The molecule has 0 amide bonds. The number of benzene rings is 1. The van der Waals surface area contributed by atoms with Crippen molar-refractivity contribution < 1.29 is 14.3 Å². The van der Waals surface area contributed by atoms with E-state index in [4.69, 9.17) is 14.7 Å². The molecule has 0 bridgehead atoms. The van der Waals surface area contributed by atoms with Gasteiger partial charge in [-0.1, -0.05) is 18.2 Å². The first-order valence-electron chi connectivity index (χ1n) is 7.25. The Morgan fingerprint density at radius 3 is 2.75 bits per heavy atom. The quantitative estimate of drug-likeness (QED) is 0.495. The fraction of sp³-hybridized carbons (Fsp3) is 0.176. The second-order valence-electron chi connectivity index (χ2n) is 4.59. The molecule has 7 nitrogen and oxygen atoms in total. The molecule has 0 saturated heterocycles. The van der Waals surface area contributed by atoms with Crippen LogP contribution < -0.4 is 10.1 Å². The van der Waals surface area contributed by atoms with Gasteiger partial charge in [0.15, 0.2) is 5.57 Å². The first-order valence-corrected chi connectivity index (χ1v) is 7.25. The molecule has 0 unspecified atom stereocenters. The zero-order valence-corrected chi connectivity index (χ0v) is 13.3. The predicted octanol–water partition coefficient (Wildman–Crippen LogP) is 2.96. The molecule has 0 aliphatic heterocycles. The Hall–Kier alpha value is -3.40. The fourth-order valence-electron chi connectivity index (χ4n) is 1.77. The number of nitrogens with zero attached hydrogens (tertiary/aromatic N) is 3. The van der Waals surface area contributed by atoms with Gasteiger partial charge in [-0.25, -0.2) is 9.78 Å². The number of esters is 1. The van der Waals surface area contributed by atoms with Crippen LogP contribution in [0.4, 0.5) is 5.82 Å². The number of carbonyl (C=O) groups is 1. The van der Waals surface area contributed by atoms with E-state index in [-0.39, 0.29) is 12.2 Å². The zero-order chi connectivity index (χ0) is 17.4. The van der Waals surface area contributed by atoms with Crippen LogP contribution in [0.1, 0.15) is 12.7 Å². The molecule has 1 N–H and O–H groups in total. The first-order chi connectivity index (χ1) is 11.6. The lowest BCUT2D eigenvalue weighted by atomic mass is 10.3. The largest absolute Gasteiger partial charge is 0.462 e. The van der Waals surface area contributed by atoms with E-state index in [1.165, 1.54) is 6.20 Å². The number of anilines is 1. The maximum Gasteiger partial charge on any atom is 0.350 e. The van der Waals surface area contributed by atoms with Crippen molar-refractivity contribution in [2.75, 3.05) is 11.9 Å². The highest BCUT2D eigenvalue weighted by Gasteiger charge is 2.10. The summed E-state index contributed by atoms with van der Waals surface area (Å²) in [6.45, 7) is 3.57. The molecule has 1 aromatic heterocycles. The third-order valence-corrected chi connectivity index (χ3v) is 2.76. The fourth-order valence-corrected chi connectivity index (χ4v) is 1.77. The summed E-state index contributed by atoms with van der Waals surface area (Å²) in [5, 5.41) is 11.8. The van der Waals surface area contributed by atoms with Gasteiger partial charge in [0.2, 0.25) is 5.88 Å². The molecule has 2 rings (SSSR count). The van der Waals surface area contributed by atoms with Crippen LogP contribution in [0, 0.1) is 18.3 Å². The lowest BCUT2D eigenvalue weighted by Crippen LogP contribution is -2.08. The maximum atomic E-state index is 11.6. The minimum absolute atomic E-state index is 0.154. The molecule has 7 heteroatoms. The van der Waals surface area contributed by atoms with Crippen LogP contribution in [0.3, 0.4) is 0 Å². The van der Waals surface area contributed by atoms with Gasteiger partial charge >= 0.3 is 5.97 Å². The van der Waals surface area contributed by atoms with E-state index >= 15 is 0 Å². The average molecular weight is 324 g/mol. The number of rotatable bonds is 6. The van der Waals surface area contributed by atoms with Gasteiger partial charge in [0.1, 0.15) is 23.5 Å². The highest BCUT2D eigenvalue weighted by molar-refractivity contribution is 5.93. The third kappa shape index (κ3) is 4.81. The molecule has 1 aromatic carbocycles. The SMILES string of the molecule is CCOC(=O)/C(C#N)=C/Nc1cc(Oc2ccccc2)nc(C)n1. The first kappa shape index (κ1) is 17.0. The van der Waals surface area contributed by atoms with Crippen LogP contribution in [-0.2, 0) is 9.53 Å². The lowest BCUT2D eigenvalue weighted by Gasteiger charge is -2.08. The molecule has 122 valence electrons. The monoisotopic (exact) mass is 324 g/mol. The Balaban J connectivity index is 2.16. The Morgan fingerprint density at radius 1 is 1.33 bits per heavy atom. The molecule has 0 radical (unpaired) electrons. The standard InChI is InChI=1S/C17H16N4O3/c1-3-23-17(22)13(10-18)11-19-15-9-16(21-12(2)20-15)24-14-7-5-4-6-8-14/h4-9,11H,3H2,1-2H3,(H,19,20,21)/b13-11+. The normalized spacial score (nSPS) is 10.6. The minimum atomic E-state index is -0.695. The van der Waals surface area contributed by atoms with Gasteiger partial charge < -0.3 is 14.8 Å². The number of hydrogen-bond donors (Lipinski definition) is 1. The summed E-state index contributed by atoms with van der Waals surface area (Å²) in [7, 11) is 0. The number of nitrogens with one attached hydrogen (secondary N) is 1. The summed E-state index contributed by atoms with van der Waals surface area (Å²) in [5.41, 5.74) is -0.154. The van der Waals surface area contributed by atoms with Crippen molar-refractivity contribution in [3.05, 3.63) is 54.0 Å². The van der Waals surface area contributed by atoms with Crippen LogP contribution in [0.25, 0.3) is 0 Å². The highest BCUT2D eigenvalue weighted by atomic mass is 16.5. The molecule has 2 aromatic rings. The van der Waals surface area contributed by atoms with Crippen molar-refractivity contribution in [1.29, 1.82) is 5.26 Å². The van der Waals surface area contributed by atoms with E-state index in [2.05, 4.69) is 15.3 Å². The number of nitriles is 1. The van der Waals surface area contributed by atoms with Crippen molar-refractivity contribution in [3.8, 4) is 17.7 Å². The van der Waals surface area contributed by atoms with Crippen LogP contribution >= 0.6 is 0 Å².